The standard InChI is InChI=1S/C10H22N2/c1-7(2)5-10-9(4)11-6-8(3)12-10/h7-12H,5-6H2,1-4H3. The van der Waals surface area contributed by atoms with Crippen molar-refractivity contribution in [3.8, 4) is 0 Å². The Hall–Kier alpha value is -0.0800. The summed E-state index contributed by atoms with van der Waals surface area (Å²) in [5, 5.41) is 7.16. The molecule has 0 radical (unpaired) electrons. The van der Waals surface area contributed by atoms with Crippen LogP contribution in [0.2, 0.25) is 0 Å². The van der Waals surface area contributed by atoms with Crippen molar-refractivity contribution < 1.29 is 0 Å². The minimum Gasteiger partial charge on any atom is -0.311 e. The van der Waals surface area contributed by atoms with Gasteiger partial charge in [0.2, 0.25) is 0 Å². The van der Waals surface area contributed by atoms with Crippen molar-refractivity contribution in [2.75, 3.05) is 6.54 Å². The minimum atomic E-state index is 0.628. The number of piperazine rings is 1. The molecule has 1 aliphatic heterocycles. The summed E-state index contributed by atoms with van der Waals surface area (Å²) in [5.41, 5.74) is 0. The largest absolute Gasteiger partial charge is 0.311 e. The van der Waals surface area contributed by atoms with Gasteiger partial charge in [-0.15, -0.1) is 0 Å². The first-order valence-corrected chi connectivity index (χ1v) is 5.09. The van der Waals surface area contributed by atoms with Gasteiger partial charge >= 0.3 is 0 Å². The zero-order chi connectivity index (χ0) is 9.14. The van der Waals surface area contributed by atoms with Crippen LogP contribution in [0.1, 0.15) is 34.1 Å². The number of rotatable bonds is 2. The Morgan fingerprint density at radius 1 is 1.33 bits per heavy atom. The van der Waals surface area contributed by atoms with Crippen molar-refractivity contribution in [3.05, 3.63) is 0 Å². The van der Waals surface area contributed by atoms with Crippen LogP contribution in [0.5, 0.6) is 0 Å². The van der Waals surface area contributed by atoms with Crippen LogP contribution in [0.4, 0.5) is 0 Å². The Morgan fingerprint density at radius 2 is 2.00 bits per heavy atom. The molecule has 2 heteroatoms. The van der Waals surface area contributed by atoms with Gasteiger partial charge in [0.25, 0.3) is 0 Å². The molecule has 0 aromatic carbocycles. The Labute approximate surface area is 76.1 Å². The second kappa shape index (κ2) is 4.24. The Kier molecular flexibility index (Phi) is 3.53. The fraction of sp³-hybridized carbons (Fsp3) is 1.00. The monoisotopic (exact) mass is 170 g/mol. The predicted octanol–water partition coefficient (Wildman–Crippen LogP) is 1.37. The van der Waals surface area contributed by atoms with Gasteiger partial charge in [-0.3, -0.25) is 0 Å². The summed E-state index contributed by atoms with van der Waals surface area (Å²) in [7, 11) is 0. The van der Waals surface area contributed by atoms with E-state index in [1.54, 1.807) is 0 Å². The van der Waals surface area contributed by atoms with Gasteiger partial charge in [0.1, 0.15) is 0 Å². The summed E-state index contributed by atoms with van der Waals surface area (Å²) in [5.74, 6) is 0.789. The molecule has 1 heterocycles. The van der Waals surface area contributed by atoms with E-state index in [0.29, 0.717) is 18.1 Å². The molecule has 0 saturated carbocycles. The SMILES string of the molecule is CC(C)CC1NC(C)CNC1C. The molecule has 1 saturated heterocycles. The molecule has 1 fully saturated rings. The molecular weight excluding hydrogens is 148 g/mol. The quantitative estimate of drug-likeness (QED) is 0.654. The van der Waals surface area contributed by atoms with E-state index in [-0.39, 0.29) is 0 Å². The third-order valence-electron chi connectivity index (χ3n) is 2.57. The van der Waals surface area contributed by atoms with Gasteiger partial charge in [-0.05, 0) is 26.2 Å². The topological polar surface area (TPSA) is 24.1 Å². The molecule has 0 aliphatic carbocycles. The summed E-state index contributed by atoms with van der Waals surface area (Å²) in [6.45, 7) is 10.2. The summed E-state index contributed by atoms with van der Waals surface area (Å²) < 4.78 is 0. The van der Waals surface area contributed by atoms with Crippen LogP contribution in [-0.4, -0.2) is 24.7 Å². The van der Waals surface area contributed by atoms with Gasteiger partial charge in [-0.1, -0.05) is 13.8 Å². The second-order valence-corrected chi connectivity index (χ2v) is 4.50. The van der Waals surface area contributed by atoms with Crippen molar-refractivity contribution >= 4 is 0 Å². The lowest BCUT2D eigenvalue weighted by Crippen LogP contribution is -2.59. The summed E-state index contributed by atoms with van der Waals surface area (Å²) >= 11 is 0. The first-order valence-electron chi connectivity index (χ1n) is 5.09. The highest BCUT2D eigenvalue weighted by Gasteiger charge is 2.24. The summed E-state index contributed by atoms with van der Waals surface area (Å²) in [4.78, 5) is 0. The van der Waals surface area contributed by atoms with E-state index in [4.69, 9.17) is 0 Å². The lowest BCUT2D eigenvalue weighted by atomic mass is 9.95. The maximum Gasteiger partial charge on any atom is 0.0223 e. The van der Waals surface area contributed by atoms with Crippen LogP contribution < -0.4 is 10.6 Å². The van der Waals surface area contributed by atoms with Crippen LogP contribution in [0.25, 0.3) is 0 Å². The highest BCUT2D eigenvalue weighted by atomic mass is 15.1. The molecule has 1 aliphatic rings. The Balaban J connectivity index is 2.38. The Morgan fingerprint density at radius 3 is 2.58 bits per heavy atom. The third kappa shape index (κ3) is 2.76. The molecule has 0 aromatic rings. The first-order chi connectivity index (χ1) is 5.59. The van der Waals surface area contributed by atoms with Gasteiger partial charge in [-0.25, -0.2) is 0 Å². The molecule has 0 aromatic heterocycles. The summed E-state index contributed by atoms with van der Waals surface area (Å²) in [6, 6.07) is 1.92. The molecule has 0 bridgehead atoms. The van der Waals surface area contributed by atoms with Crippen LogP contribution in [0, 0.1) is 5.92 Å². The number of hydrogen-bond donors (Lipinski definition) is 2. The number of hydrogen-bond acceptors (Lipinski definition) is 2. The highest BCUT2D eigenvalue weighted by Crippen LogP contribution is 2.11. The van der Waals surface area contributed by atoms with Crippen LogP contribution in [0.15, 0.2) is 0 Å². The molecule has 3 atom stereocenters. The highest BCUT2D eigenvalue weighted by molar-refractivity contribution is 4.87. The van der Waals surface area contributed by atoms with Crippen molar-refractivity contribution in [2.24, 2.45) is 5.92 Å². The maximum atomic E-state index is 3.63. The van der Waals surface area contributed by atoms with Gasteiger partial charge in [0.05, 0.1) is 0 Å². The van der Waals surface area contributed by atoms with E-state index < -0.39 is 0 Å². The zero-order valence-electron chi connectivity index (χ0n) is 8.72. The average molecular weight is 170 g/mol. The first kappa shape index (κ1) is 10.0. The van der Waals surface area contributed by atoms with E-state index in [2.05, 4.69) is 38.3 Å². The smallest absolute Gasteiger partial charge is 0.0223 e. The fourth-order valence-corrected chi connectivity index (χ4v) is 1.85. The van der Waals surface area contributed by atoms with E-state index in [0.717, 1.165) is 12.5 Å². The van der Waals surface area contributed by atoms with Gasteiger partial charge in [-0.2, -0.15) is 0 Å². The predicted molar refractivity (Wildman–Crippen MR) is 53.3 cm³/mol. The zero-order valence-corrected chi connectivity index (χ0v) is 8.72. The van der Waals surface area contributed by atoms with E-state index in [1.807, 2.05) is 0 Å². The van der Waals surface area contributed by atoms with E-state index >= 15 is 0 Å². The molecule has 0 spiro atoms. The van der Waals surface area contributed by atoms with Gasteiger partial charge < -0.3 is 10.6 Å². The normalized spacial score (nSPS) is 37.2. The lowest BCUT2D eigenvalue weighted by molar-refractivity contribution is 0.259. The molecule has 1 rings (SSSR count). The van der Waals surface area contributed by atoms with Crippen LogP contribution in [-0.2, 0) is 0 Å². The summed E-state index contributed by atoms with van der Waals surface area (Å²) in [6.07, 6.45) is 1.28. The third-order valence-corrected chi connectivity index (χ3v) is 2.57. The maximum absolute atomic E-state index is 3.63. The molecule has 12 heavy (non-hydrogen) atoms. The van der Waals surface area contributed by atoms with E-state index in [9.17, 15) is 0 Å². The van der Waals surface area contributed by atoms with Crippen LogP contribution in [0.3, 0.4) is 0 Å². The molecule has 2 nitrogen and oxygen atoms in total. The molecule has 2 N–H and O–H groups in total. The number of nitrogens with one attached hydrogen (secondary N) is 2. The second-order valence-electron chi connectivity index (χ2n) is 4.50. The average Bonchev–Trinajstić information content (AvgIpc) is 1.96. The molecule has 72 valence electrons. The Bertz CT molecular complexity index is 132. The van der Waals surface area contributed by atoms with Crippen LogP contribution >= 0.6 is 0 Å². The van der Waals surface area contributed by atoms with Gasteiger partial charge in [0, 0.05) is 24.7 Å². The van der Waals surface area contributed by atoms with Crippen molar-refractivity contribution in [1.82, 2.24) is 10.6 Å². The van der Waals surface area contributed by atoms with Crippen molar-refractivity contribution in [2.45, 2.75) is 52.2 Å². The van der Waals surface area contributed by atoms with Crippen molar-refractivity contribution in [1.29, 1.82) is 0 Å². The van der Waals surface area contributed by atoms with E-state index in [1.165, 1.54) is 6.42 Å². The van der Waals surface area contributed by atoms with Crippen molar-refractivity contribution in [3.63, 3.8) is 0 Å². The molecule has 3 unspecified atom stereocenters. The molecule has 0 amide bonds. The lowest BCUT2D eigenvalue weighted by Gasteiger charge is -2.36. The fourth-order valence-electron chi connectivity index (χ4n) is 1.85. The van der Waals surface area contributed by atoms with Gasteiger partial charge in [0.15, 0.2) is 0 Å². The minimum absolute atomic E-state index is 0.628. The molecular formula is C10H22N2.